The van der Waals surface area contributed by atoms with E-state index in [0.717, 1.165) is 57.9 Å². The minimum Gasteiger partial charge on any atom is -0.351 e. The molecule has 3 aliphatic carbocycles. The molecule has 0 spiro atoms. The standard InChI is InChI=1S/C20H33N3O2/c21-16-11-14-7-3-8-15(12-16)18(14)22-19(24)17-9-4-10-23(17)20(25)13-5-1-2-6-13/h13-18H,1-12,21H2,(H,22,24). The summed E-state index contributed by atoms with van der Waals surface area (Å²) in [6.45, 7) is 0.760. The number of fused-ring (bicyclic) bond motifs is 2. The minimum absolute atomic E-state index is 0.0984. The van der Waals surface area contributed by atoms with Crippen molar-refractivity contribution in [3.63, 3.8) is 0 Å². The third-order valence-electron chi connectivity index (χ3n) is 7.23. The molecule has 0 aromatic carbocycles. The molecule has 2 bridgehead atoms. The highest BCUT2D eigenvalue weighted by Gasteiger charge is 2.43. The van der Waals surface area contributed by atoms with Crippen molar-refractivity contribution in [1.82, 2.24) is 10.2 Å². The van der Waals surface area contributed by atoms with Gasteiger partial charge in [0.25, 0.3) is 0 Å². The van der Waals surface area contributed by atoms with Crippen molar-refractivity contribution < 1.29 is 9.59 Å². The van der Waals surface area contributed by atoms with Gasteiger partial charge in [-0.3, -0.25) is 9.59 Å². The molecular weight excluding hydrogens is 314 g/mol. The molecule has 3 N–H and O–H groups in total. The smallest absolute Gasteiger partial charge is 0.243 e. The number of nitrogens with two attached hydrogens (primary N) is 1. The number of carbonyl (C=O) groups is 2. The highest BCUT2D eigenvalue weighted by Crippen LogP contribution is 2.40. The molecule has 2 amide bonds. The Morgan fingerprint density at radius 3 is 2.24 bits per heavy atom. The zero-order valence-electron chi connectivity index (χ0n) is 15.3. The van der Waals surface area contributed by atoms with Gasteiger partial charge < -0.3 is 16.0 Å². The number of hydrogen-bond donors (Lipinski definition) is 2. The zero-order valence-corrected chi connectivity index (χ0v) is 15.3. The molecular formula is C20H33N3O2. The van der Waals surface area contributed by atoms with E-state index >= 15 is 0 Å². The number of likely N-dealkylation sites (tertiary alicyclic amines) is 1. The summed E-state index contributed by atoms with van der Waals surface area (Å²) in [5.41, 5.74) is 6.21. The van der Waals surface area contributed by atoms with Crippen molar-refractivity contribution in [2.24, 2.45) is 23.5 Å². The summed E-state index contributed by atoms with van der Waals surface area (Å²) in [4.78, 5) is 27.7. The Balaban J connectivity index is 1.40. The lowest BCUT2D eigenvalue weighted by Gasteiger charge is -2.45. The molecule has 25 heavy (non-hydrogen) atoms. The van der Waals surface area contributed by atoms with Crippen LogP contribution in [0.15, 0.2) is 0 Å². The van der Waals surface area contributed by atoms with Crippen LogP contribution in [-0.2, 0) is 9.59 Å². The summed E-state index contributed by atoms with van der Waals surface area (Å²) < 4.78 is 0. The van der Waals surface area contributed by atoms with Gasteiger partial charge in [-0.05, 0) is 63.2 Å². The Kier molecular flexibility index (Phi) is 5.03. The first-order valence-corrected chi connectivity index (χ1v) is 10.5. The van der Waals surface area contributed by atoms with Crippen molar-refractivity contribution in [2.75, 3.05) is 6.54 Å². The lowest BCUT2D eigenvalue weighted by Crippen LogP contribution is -2.57. The van der Waals surface area contributed by atoms with Crippen molar-refractivity contribution in [3.8, 4) is 0 Å². The van der Waals surface area contributed by atoms with Gasteiger partial charge >= 0.3 is 0 Å². The lowest BCUT2D eigenvalue weighted by atomic mass is 9.67. The van der Waals surface area contributed by atoms with Crippen LogP contribution in [0.4, 0.5) is 0 Å². The van der Waals surface area contributed by atoms with E-state index in [4.69, 9.17) is 5.73 Å². The van der Waals surface area contributed by atoms with Crippen LogP contribution in [0.3, 0.4) is 0 Å². The van der Waals surface area contributed by atoms with Crippen LogP contribution < -0.4 is 11.1 Å². The van der Waals surface area contributed by atoms with Crippen LogP contribution in [-0.4, -0.2) is 41.4 Å². The predicted octanol–water partition coefficient (Wildman–Crippen LogP) is 2.19. The monoisotopic (exact) mass is 347 g/mol. The van der Waals surface area contributed by atoms with Gasteiger partial charge in [-0.2, -0.15) is 0 Å². The van der Waals surface area contributed by atoms with E-state index in [1.165, 1.54) is 19.3 Å². The Bertz CT molecular complexity index is 503. The largest absolute Gasteiger partial charge is 0.351 e. The molecule has 4 aliphatic rings. The lowest BCUT2D eigenvalue weighted by molar-refractivity contribution is -0.142. The number of rotatable bonds is 3. The number of nitrogens with zero attached hydrogens (tertiary/aromatic N) is 1. The van der Waals surface area contributed by atoms with E-state index in [1.807, 2.05) is 4.90 Å². The molecule has 5 nitrogen and oxygen atoms in total. The number of amides is 2. The van der Waals surface area contributed by atoms with Crippen LogP contribution in [0.5, 0.6) is 0 Å². The summed E-state index contributed by atoms with van der Waals surface area (Å²) >= 11 is 0. The molecule has 3 saturated carbocycles. The average Bonchev–Trinajstić information content (AvgIpc) is 3.26. The molecule has 3 unspecified atom stereocenters. The molecule has 1 heterocycles. The van der Waals surface area contributed by atoms with Crippen molar-refractivity contribution in [3.05, 3.63) is 0 Å². The first-order valence-electron chi connectivity index (χ1n) is 10.5. The molecule has 4 fully saturated rings. The summed E-state index contributed by atoms with van der Waals surface area (Å²) in [6.07, 6.45) is 11.8. The molecule has 0 aromatic heterocycles. The number of nitrogens with one attached hydrogen (secondary N) is 1. The molecule has 0 radical (unpaired) electrons. The highest BCUT2D eigenvalue weighted by molar-refractivity contribution is 5.89. The molecule has 1 saturated heterocycles. The third-order valence-corrected chi connectivity index (χ3v) is 7.23. The average molecular weight is 348 g/mol. The first kappa shape index (κ1) is 17.3. The van der Waals surface area contributed by atoms with Crippen molar-refractivity contribution in [1.29, 1.82) is 0 Å². The Hall–Kier alpha value is -1.10. The summed E-state index contributed by atoms with van der Waals surface area (Å²) in [5.74, 6) is 1.57. The summed E-state index contributed by atoms with van der Waals surface area (Å²) in [6, 6.07) is 0.352. The fourth-order valence-electron chi connectivity index (χ4n) is 6.00. The second kappa shape index (κ2) is 7.26. The van der Waals surface area contributed by atoms with Gasteiger partial charge in [-0.1, -0.05) is 19.3 Å². The van der Waals surface area contributed by atoms with Crippen LogP contribution in [0.1, 0.15) is 70.6 Å². The zero-order chi connectivity index (χ0) is 17.4. The van der Waals surface area contributed by atoms with Crippen LogP contribution >= 0.6 is 0 Å². The molecule has 1 aliphatic heterocycles. The highest BCUT2D eigenvalue weighted by atomic mass is 16.2. The second-order valence-corrected chi connectivity index (χ2v) is 8.89. The van der Waals surface area contributed by atoms with E-state index in [1.54, 1.807) is 0 Å². The van der Waals surface area contributed by atoms with Gasteiger partial charge in [-0.25, -0.2) is 0 Å². The predicted molar refractivity (Wildman–Crippen MR) is 96.7 cm³/mol. The van der Waals surface area contributed by atoms with E-state index < -0.39 is 0 Å². The molecule has 5 heteroatoms. The fourth-order valence-corrected chi connectivity index (χ4v) is 6.00. The maximum Gasteiger partial charge on any atom is 0.243 e. The van der Waals surface area contributed by atoms with Gasteiger partial charge in [0.2, 0.25) is 11.8 Å². The van der Waals surface area contributed by atoms with Crippen LogP contribution in [0.2, 0.25) is 0 Å². The van der Waals surface area contributed by atoms with Gasteiger partial charge in [0, 0.05) is 24.5 Å². The van der Waals surface area contributed by atoms with Crippen molar-refractivity contribution >= 4 is 11.8 Å². The van der Waals surface area contributed by atoms with Crippen molar-refractivity contribution in [2.45, 2.75) is 88.8 Å². The number of hydrogen-bond acceptors (Lipinski definition) is 3. The quantitative estimate of drug-likeness (QED) is 0.822. The SMILES string of the molecule is NC1CC2CCCC(C1)C2NC(=O)C1CCCN1C(=O)C1CCCC1. The molecule has 4 rings (SSSR count). The molecule has 3 atom stereocenters. The summed E-state index contributed by atoms with van der Waals surface area (Å²) in [5, 5.41) is 3.37. The second-order valence-electron chi connectivity index (χ2n) is 8.89. The minimum atomic E-state index is -0.232. The van der Waals surface area contributed by atoms with Crippen LogP contribution in [0, 0.1) is 17.8 Å². The Morgan fingerprint density at radius 1 is 0.880 bits per heavy atom. The van der Waals surface area contributed by atoms with Gasteiger partial charge in [-0.15, -0.1) is 0 Å². The fraction of sp³-hybridized carbons (Fsp3) is 0.900. The summed E-state index contributed by atoms with van der Waals surface area (Å²) in [7, 11) is 0. The van der Waals surface area contributed by atoms with Crippen LogP contribution in [0.25, 0.3) is 0 Å². The van der Waals surface area contributed by atoms with Gasteiger partial charge in [0.05, 0.1) is 0 Å². The third kappa shape index (κ3) is 3.44. The number of carbonyl (C=O) groups excluding carboxylic acids is 2. The van der Waals surface area contributed by atoms with E-state index in [2.05, 4.69) is 5.32 Å². The molecule has 0 aromatic rings. The normalized spacial score (nSPS) is 38.8. The van der Waals surface area contributed by atoms with Gasteiger partial charge in [0.1, 0.15) is 6.04 Å². The topological polar surface area (TPSA) is 75.4 Å². The van der Waals surface area contributed by atoms with E-state index in [9.17, 15) is 9.59 Å². The Labute approximate surface area is 151 Å². The first-order chi connectivity index (χ1) is 12.1. The maximum atomic E-state index is 13.0. The molecule has 140 valence electrons. The Morgan fingerprint density at radius 2 is 1.56 bits per heavy atom. The maximum absolute atomic E-state index is 13.0. The van der Waals surface area contributed by atoms with E-state index in [0.29, 0.717) is 17.9 Å². The van der Waals surface area contributed by atoms with Gasteiger partial charge in [0.15, 0.2) is 0 Å². The van der Waals surface area contributed by atoms with E-state index in [-0.39, 0.29) is 29.8 Å².